The van der Waals surface area contributed by atoms with Crippen molar-refractivity contribution < 1.29 is 18.3 Å². The van der Waals surface area contributed by atoms with Gasteiger partial charge in [-0.15, -0.1) is 0 Å². The van der Waals surface area contributed by atoms with Gasteiger partial charge >= 0.3 is 0 Å². The number of carbonyl (C=O) groups excluding carboxylic acids is 1. The van der Waals surface area contributed by atoms with Crippen LogP contribution in [0.1, 0.15) is 19.4 Å². The molecular formula is C13H19N2O4S-. The summed E-state index contributed by atoms with van der Waals surface area (Å²) in [5.41, 5.74) is 0.707. The molecule has 0 aliphatic rings. The molecule has 0 spiro atoms. The van der Waals surface area contributed by atoms with Gasteiger partial charge in [0.25, 0.3) is 10.2 Å². The first-order valence-corrected chi connectivity index (χ1v) is 7.68. The molecule has 1 rings (SSSR count). The molecule has 1 unspecified atom stereocenters. The first-order chi connectivity index (χ1) is 9.29. The van der Waals surface area contributed by atoms with E-state index in [-0.39, 0.29) is 6.54 Å². The van der Waals surface area contributed by atoms with E-state index in [1.54, 1.807) is 44.2 Å². The molecule has 0 aliphatic carbocycles. The number of benzene rings is 1. The van der Waals surface area contributed by atoms with E-state index in [0.717, 1.165) is 4.31 Å². The lowest BCUT2D eigenvalue weighted by molar-refractivity contribution is -0.311. The van der Waals surface area contributed by atoms with Crippen LogP contribution in [-0.2, 0) is 21.5 Å². The number of carboxylic acids is 1. The Balaban J connectivity index is 3.18. The van der Waals surface area contributed by atoms with Crippen molar-refractivity contribution in [3.8, 4) is 0 Å². The molecule has 6 nitrogen and oxygen atoms in total. The zero-order valence-corrected chi connectivity index (χ0v) is 12.6. The maximum atomic E-state index is 12.1. The lowest BCUT2D eigenvalue weighted by Crippen LogP contribution is -2.55. The number of rotatable bonds is 7. The third-order valence-corrected chi connectivity index (χ3v) is 4.42. The minimum absolute atomic E-state index is 0.0269. The summed E-state index contributed by atoms with van der Waals surface area (Å²) in [6.07, 6.45) is 0. The number of nitrogens with zero attached hydrogens (tertiary/aromatic N) is 1. The van der Waals surface area contributed by atoms with Gasteiger partial charge in [0.1, 0.15) is 0 Å². The van der Waals surface area contributed by atoms with Crippen molar-refractivity contribution in [2.75, 3.05) is 7.05 Å². The Kier molecular flexibility index (Phi) is 5.67. The number of carboxylic acid groups (broad SMARTS) is 1. The van der Waals surface area contributed by atoms with Gasteiger partial charge in [-0.3, -0.25) is 0 Å². The van der Waals surface area contributed by atoms with E-state index in [2.05, 4.69) is 4.72 Å². The van der Waals surface area contributed by atoms with Crippen molar-refractivity contribution in [2.45, 2.75) is 26.4 Å². The predicted octanol–water partition coefficient (Wildman–Crippen LogP) is -0.273. The molecule has 1 aromatic carbocycles. The lowest BCUT2D eigenvalue weighted by atomic mass is 10.0. The highest BCUT2D eigenvalue weighted by molar-refractivity contribution is 7.87. The smallest absolute Gasteiger partial charge is 0.280 e. The van der Waals surface area contributed by atoms with Crippen LogP contribution in [0.4, 0.5) is 0 Å². The first kappa shape index (κ1) is 16.6. The fourth-order valence-electron chi connectivity index (χ4n) is 1.94. The maximum absolute atomic E-state index is 12.1. The molecule has 112 valence electrons. The molecule has 0 saturated carbocycles. The number of hydrogen-bond donors (Lipinski definition) is 1. The van der Waals surface area contributed by atoms with Crippen molar-refractivity contribution in [1.29, 1.82) is 0 Å². The van der Waals surface area contributed by atoms with Gasteiger partial charge in [0, 0.05) is 13.6 Å². The van der Waals surface area contributed by atoms with E-state index in [4.69, 9.17) is 0 Å². The standard InChI is InChI=1S/C13H20N2O4S/c1-10(2)12(13(16)17)15(20(18,19)14-3)9-11-7-5-4-6-8-11/h4-8,10,12,14H,9H2,1-3H3,(H,16,17)/p-1. The summed E-state index contributed by atoms with van der Waals surface area (Å²) in [7, 11) is -2.64. The van der Waals surface area contributed by atoms with Crippen LogP contribution < -0.4 is 9.83 Å². The SMILES string of the molecule is CNS(=O)(=O)N(Cc1ccccc1)C(C(=O)[O-])C(C)C. The molecule has 1 N–H and O–H groups in total. The summed E-state index contributed by atoms with van der Waals surface area (Å²) in [6, 6.07) is 7.59. The molecule has 0 fully saturated rings. The fraction of sp³-hybridized carbons (Fsp3) is 0.462. The van der Waals surface area contributed by atoms with Crippen molar-refractivity contribution >= 4 is 16.2 Å². The lowest BCUT2D eigenvalue weighted by Gasteiger charge is -2.33. The molecule has 0 aromatic heterocycles. The van der Waals surface area contributed by atoms with Gasteiger partial charge < -0.3 is 9.90 Å². The van der Waals surface area contributed by atoms with Crippen LogP contribution in [0.25, 0.3) is 0 Å². The summed E-state index contributed by atoms with van der Waals surface area (Å²) >= 11 is 0. The normalized spacial score (nSPS) is 13.7. The molecule has 0 radical (unpaired) electrons. The van der Waals surface area contributed by atoms with Gasteiger partial charge in [0.15, 0.2) is 0 Å². The quantitative estimate of drug-likeness (QED) is 0.750. The maximum Gasteiger partial charge on any atom is 0.280 e. The summed E-state index contributed by atoms with van der Waals surface area (Å²) in [5.74, 6) is -1.82. The molecule has 0 amide bonds. The molecule has 0 heterocycles. The Morgan fingerprint density at radius 2 is 1.85 bits per heavy atom. The molecule has 7 heteroatoms. The zero-order chi connectivity index (χ0) is 15.3. The molecule has 1 atom stereocenters. The van der Waals surface area contributed by atoms with Crippen LogP contribution in [-0.4, -0.2) is 31.8 Å². The van der Waals surface area contributed by atoms with E-state index in [1.165, 1.54) is 7.05 Å². The van der Waals surface area contributed by atoms with Crippen LogP contribution in [0.2, 0.25) is 0 Å². The van der Waals surface area contributed by atoms with Crippen LogP contribution in [0.5, 0.6) is 0 Å². The van der Waals surface area contributed by atoms with Gasteiger partial charge in [0.2, 0.25) is 0 Å². The molecule has 20 heavy (non-hydrogen) atoms. The Hall–Kier alpha value is -1.44. The van der Waals surface area contributed by atoms with Gasteiger partial charge in [-0.25, -0.2) is 4.72 Å². The number of aliphatic carboxylic acids is 1. The predicted molar refractivity (Wildman–Crippen MR) is 73.6 cm³/mol. The second kappa shape index (κ2) is 6.83. The van der Waals surface area contributed by atoms with Crippen molar-refractivity contribution in [3.05, 3.63) is 35.9 Å². The van der Waals surface area contributed by atoms with Crippen LogP contribution in [0.15, 0.2) is 30.3 Å². The van der Waals surface area contributed by atoms with E-state index in [1.807, 2.05) is 0 Å². The monoisotopic (exact) mass is 299 g/mol. The highest BCUT2D eigenvalue weighted by Gasteiger charge is 2.32. The molecular weight excluding hydrogens is 280 g/mol. The topological polar surface area (TPSA) is 89.5 Å². The first-order valence-electron chi connectivity index (χ1n) is 6.24. The number of hydrogen-bond acceptors (Lipinski definition) is 4. The highest BCUT2D eigenvalue weighted by atomic mass is 32.2. The second-order valence-corrected chi connectivity index (χ2v) is 6.58. The highest BCUT2D eigenvalue weighted by Crippen LogP contribution is 2.17. The summed E-state index contributed by atoms with van der Waals surface area (Å²) in [5, 5.41) is 11.3. The van der Waals surface area contributed by atoms with Crippen molar-refractivity contribution in [3.63, 3.8) is 0 Å². The Labute approximate surface area is 119 Å². The summed E-state index contributed by atoms with van der Waals surface area (Å²) in [4.78, 5) is 11.3. The fourth-order valence-corrected chi connectivity index (χ4v) is 3.12. The second-order valence-electron chi connectivity index (χ2n) is 4.75. The minimum Gasteiger partial charge on any atom is -0.548 e. The zero-order valence-electron chi connectivity index (χ0n) is 11.7. The van der Waals surface area contributed by atoms with Crippen LogP contribution >= 0.6 is 0 Å². The third-order valence-electron chi connectivity index (χ3n) is 2.93. The minimum atomic E-state index is -3.89. The van der Waals surface area contributed by atoms with Gasteiger partial charge in [-0.1, -0.05) is 44.2 Å². The number of carbonyl (C=O) groups is 1. The molecule has 0 bridgehead atoms. The Bertz CT molecular complexity index is 543. The van der Waals surface area contributed by atoms with Gasteiger partial charge in [0.05, 0.1) is 12.0 Å². The molecule has 0 saturated heterocycles. The Morgan fingerprint density at radius 1 is 1.30 bits per heavy atom. The average molecular weight is 299 g/mol. The molecule has 1 aromatic rings. The van der Waals surface area contributed by atoms with E-state index >= 15 is 0 Å². The van der Waals surface area contributed by atoms with Crippen LogP contribution in [0, 0.1) is 5.92 Å². The number of nitrogens with one attached hydrogen (secondary N) is 1. The largest absolute Gasteiger partial charge is 0.548 e. The van der Waals surface area contributed by atoms with Gasteiger partial charge in [-0.05, 0) is 11.5 Å². The third kappa shape index (κ3) is 4.03. The summed E-state index contributed by atoms with van der Waals surface area (Å²) < 4.78 is 27.2. The molecule has 0 aliphatic heterocycles. The van der Waals surface area contributed by atoms with E-state index in [0.29, 0.717) is 5.56 Å². The Morgan fingerprint density at radius 3 is 2.25 bits per heavy atom. The van der Waals surface area contributed by atoms with Gasteiger partial charge in [-0.2, -0.15) is 12.7 Å². The average Bonchev–Trinajstić information content (AvgIpc) is 2.38. The summed E-state index contributed by atoms with van der Waals surface area (Å²) in [6.45, 7) is 3.26. The van der Waals surface area contributed by atoms with E-state index < -0.39 is 28.1 Å². The van der Waals surface area contributed by atoms with Crippen molar-refractivity contribution in [1.82, 2.24) is 9.03 Å². The van der Waals surface area contributed by atoms with E-state index in [9.17, 15) is 18.3 Å². The van der Waals surface area contributed by atoms with Crippen molar-refractivity contribution in [2.24, 2.45) is 5.92 Å². The van der Waals surface area contributed by atoms with Crippen LogP contribution in [0.3, 0.4) is 0 Å².